The van der Waals surface area contributed by atoms with Crippen LogP contribution in [0.25, 0.3) is 0 Å². The summed E-state index contributed by atoms with van der Waals surface area (Å²) in [6, 6.07) is 11.8. The summed E-state index contributed by atoms with van der Waals surface area (Å²) >= 11 is 2.75. The van der Waals surface area contributed by atoms with Gasteiger partial charge in [-0.25, -0.2) is 9.37 Å². The Morgan fingerprint density at radius 2 is 2.15 bits per heavy atom. The van der Waals surface area contributed by atoms with Gasteiger partial charge in [0.15, 0.2) is 5.16 Å². The highest BCUT2D eigenvalue weighted by atomic mass is 32.2. The third-order valence-electron chi connectivity index (χ3n) is 3.61. The Labute approximate surface area is 165 Å². The molecule has 0 fully saturated rings. The van der Waals surface area contributed by atoms with Gasteiger partial charge in [0.25, 0.3) is 0 Å². The number of aromatic nitrogens is 2. The molecule has 0 aliphatic carbocycles. The summed E-state index contributed by atoms with van der Waals surface area (Å²) < 4.78 is 20.7. The van der Waals surface area contributed by atoms with E-state index in [1.54, 1.807) is 19.4 Å². The molecule has 0 saturated heterocycles. The number of amides is 1. The minimum Gasteiger partial charge on any atom is -0.497 e. The van der Waals surface area contributed by atoms with E-state index < -0.39 is 5.82 Å². The molecular weight excluding hydrogens is 385 g/mol. The van der Waals surface area contributed by atoms with E-state index >= 15 is 0 Å². The van der Waals surface area contributed by atoms with Crippen molar-refractivity contribution in [2.24, 2.45) is 7.05 Å². The molecule has 5 nitrogen and oxygen atoms in total. The molecule has 0 atom stereocenters. The van der Waals surface area contributed by atoms with Gasteiger partial charge < -0.3 is 14.6 Å². The topological polar surface area (TPSA) is 56.1 Å². The Hall–Kier alpha value is -2.45. The van der Waals surface area contributed by atoms with Gasteiger partial charge in [-0.3, -0.25) is 4.79 Å². The van der Waals surface area contributed by atoms with Crippen LogP contribution < -0.4 is 10.1 Å². The minimum absolute atomic E-state index is 0.205. The molecule has 0 aliphatic heterocycles. The molecule has 0 aliphatic rings. The average molecular weight is 404 g/mol. The van der Waals surface area contributed by atoms with Crippen molar-refractivity contribution in [3.8, 4) is 5.75 Å². The van der Waals surface area contributed by atoms with Crippen LogP contribution in [0.15, 0.2) is 69.8 Å². The first-order valence-electron chi connectivity index (χ1n) is 8.06. The molecular formula is C19H18FN3O2S2. The number of nitrogens with one attached hydrogen (secondary N) is 1. The van der Waals surface area contributed by atoms with E-state index in [-0.39, 0.29) is 11.7 Å². The fourth-order valence-corrected chi connectivity index (χ4v) is 3.88. The number of methoxy groups -OCH3 is 1. The molecule has 27 heavy (non-hydrogen) atoms. The number of rotatable bonds is 7. The van der Waals surface area contributed by atoms with Gasteiger partial charge in [0, 0.05) is 29.2 Å². The molecule has 1 N–H and O–H groups in total. The summed E-state index contributed by atoms with van der Waals surface area (Å²) in [7, 11) is 3.48. The Bertz CT molecular complexity index is 946. The van der Waals surface area contributed by atoms with Gasteiger partial charge in [-0.1, -0.05) is 6.07 Å². The van der Waals surface area contributed by atoms with Gasteiger partial charge >= 0.3 is 0 Å². The Morgan fingerprint density at radius 1 is 1.30 bits per heavy atom. The number of nitrogens with zero attached hydrogens (tertiary/aromatic N) is 2. The fourth-order valence-electron chi connectivity index (χ4n) is 2.26. The number of hydrogen-bond donors (Lipinski definition) is 1. The van der Waals surface area contributed by atoms with E-state index in [2.05, 4.69) is 10.3 Å². The third-order valence-corrected chi connectivity index (χ3v) is 5.75. The molecule has 1 heterocycles. The highest BCUT2D eigenvalue weighted by Crippen LogP contribution is 2.33. The van der Waals surface area contributed by atoms with Crippen molar-refractivity contribution in [1.29, 1.82) is 0 Å². The van der Waals surface area contributed by atoms with Crippen molar-refractivity contribution in [3.63, 3.8) is 0 Å². The number of hydrogen-bond acceptors (Lipinski definition) is 5. The Balaban J connectivity index is 1.67. The van der Waals surface area contributed by atoms with Crippen LogP contribution in [0.1, 0.15) is 0 Å². The van der Waals surface area contributed by atoms with E-state index in [0.29, 0.717) is 5.69 Å². The van der Waals surface area contributed by atoms with Gasteiger partial charge in [-0.05, 0) is 48.2 Å². The Kier molecular flexibility index (Phi) is 6.41. The molecule has 0 bridgehead atoms. The first kappa shape index (κ1) is 19.3. The number of aryl methyl sites for hydroxylation is 1. The van der Waals surface area contributed by atoms with Crippen LogP contribution in [0.5, 0.6) is 5.75 Å². The van der Waals surface area contributed by atoms with Gasteiger partial charge in [0.2, 0.25) is 5.91 Å². The van der Waals surface area contributed by atoms with E-state index in [9.17, 15) is 9.18 Å². The number of thioether (sulfide) groups is 1. The summed E-state index contributed by atoms with van der Waals surface area (Å²) in [5, 5.41) is 3.55. The van der Waals surface area contributed by atoms with Crippen LogP contribution >= 0.6 is 23.5 Å². The summed E-state index contributed by atoms with van der Waals surface area (Å²) in [4.78, 5) is 18.3. The van der Waals surface area contributed by atoms with Crippen molar-refractivity contribution in [3.05, 3.63) is 60.7 Å². The quantitative estimate of drug-likeness (QED) is 0.591. The van der Waals surface area contributed by atoms with Gasteiger partial charge in [0.05, 0.1) is 18.6 Å². The molecule has 140 valence electrons. The molecule has 0 saturated carbocycles. The highest BCUT2D eigenvalue weighted by molar-refractivity contribution is 8.00. The first-order chi connectivity index (χ1) is 13.0. The molecule has 3 aromatic rings. The maximum absolute atomic E-state index is 13.7. The number of halogens is 1. The molecule has 0 unspecified atom stereocenters. The predicted molar refractivity (Wildman–Crippen MR) is 106 cm³/mol. The number of ether oxygens (including phenoxy) is 1. The predicted octanol–water partition coefficient (Wildman–Crippen LogP) is 4.45. The zero-order valence-electron chi connectivity index (χ0n) is 14.8. The molecule has 1 aromatic heterocycles. The number of benzene rings is 2. The zero-order valence-corrected chi connectivity index (χ0v) is 16.4. The van der Waals surface area contributed by atoms with Crippen LogP contribution in [0.4, 0.5) is 10.1 Å². The van der Waals surface area contributed by atoms with Gasteiger partial charge in [-0.15, -0.1) is 11.8 Å². The second-order valence-corrected chi connectivity index (χ2v) is 7.64. The highest BCUT2D eigenvalue weighted by Gasteiger charge is 2.12. The molecule has 2 aromatic carbocycles. The van der Waals surface area contributed by atoms with E-state index in [1.165, 1.54) is 35.7 Å². The summed E-state index contributed by atoms with van der Waals surface area (Å²) in [5.41, 5.74) is 0.430. The second kappa shape index (κ2) is 8.96. The number of carbonyl (C=O) groups is 1. The molecule has 1 amide bonds. The van der Waals surface area contributed by atoms with Crippen LogP contribution in [0.2, 0.25) is 0 Å². The number of anilines is 1. The van der Waals surface area contributed by atoms with Crippen LogP contribution in [0, 0.1) is 5.82 Å². The lowest BCUT2D eigenvalue weighted by atomic mass is 10.3. The summed E-state index contributed by atoms with van der Waals surface area (Å²) in [5.74, 6) is 0.320. The number of imidazole rings is 1. The molecule has 0 radical (unpaired) electrons. The van der Waals surface area contributed by atoms with Crippen molar-refractivity contribution in [2.45, 2.75) is 14.9 Å². The van der Waals surface area contributed by atoms with Gasteiger partial charge in [-0.2, -0.15) is 0 Å². The largest absolute Gasteiger partial charge is 0.497 e. The minimum atomic E-state index is -0.407. The van der Waals surface area contributed by atoms with Crippen molar-refractivity contribution < 1.29 is 13.9 Å². The van der Waals surface area contributed by atoms with Crippen molar-refractivity contribution in [2.75, 3.05) is 18.2 Å². The average Bonchev–Trinajstić information content (AvgIpc) is 3.07. The number of carbonyl (C=O) groups excluding carboxylic acids is 1. The van der Waals surface area contributed by atoms with Crippen molar-refractivity contribution >= 4 is 35.1 Å². The lowest BCUT2D eigenvalue weighted by molar-refractivity contribution is -0.113. The molecule has 3 rings (SSSR count). The summed E-state index contributed by atoms with van der Waals surface area (Å²) in [6.07, 6.45) is 3.52. The Morgan fingerprint density at radius 3 is 2.89 bits per heavy atom. The van der Waals surface area contributed by atoms with E-state index in [0.717, 1.165) is 20.7 Å². The van der Waals surface area contributed by atoms with Crippen LogP contribution in [-0.4, -0.2) is 28.3 Å². The SMILES string of the molecule is COc1cccc(SCC(=O)Nc2cc(F)ccc2Sc2nccn2C)c1. The second-order valence-electron chi connectivity index (χ2n) is 5.58. The lowest BCUT2D eigenvalue weighted by Crippen LogP contribution is -2.14. The van der Waals surface area contributed by atoms with E-state index in [1.807, 2.05) is 42.1 Å². The monoisotopic (exact) mass is 403 g/mol. The summed E-state index contributed by atoms with van der Waals surface area (Å²) in [6.45, 7) is 0. The van der Waals surface area contributed by atoms with Crippen molar-refractivity contribution in [1.82, 2.24) is 9.55 Å². The zero-order chi connectivity index (χ0) is 19.2. The molecule has 8 heteroatoms. The molecule has 0 spiro atoms. The lowest BCUT2D eigenvalue weighted by Gasteiger charge is -2.11. The van der Waals surface area contributed by atoms with E-state index in [4.69, 9.17) is 4.74 Å². The van der Waals surface area contributed by atoms with Crippen LogP contribution in [-0.2, 0) is 11.8 Å². The fraction of sp³-hybridized carbons (Fsp3) is 0.158. The maximum atomic E-state index is 13.7. The first-order valence-corrected chi connectivity index (χ1v) is 9.87. The standard InChI is InChI=1S/C19H18FN3O2S2/c1-23-9-8-21-19(23)27-17-7-6-13(20)10-16(17)22-18(24)12-26-15-5-3-4-14(11-15)25-2/h3-11H,12H2,1-2H3,(H,22,24). The third kappa shape index (κ3) is 5.27. The van der Waals surface area contributed by atoms with Gasteiger partial charge in [0.1, 0.15) is 11.6 Å². The van der Waals surface area contributed by atoms with Crippen LogP contribution in [0.3, 0.4) is 0 Å². The maximum Gasteiger partial charge on any atom is 0.234 e. The smallest absolute Gasteiger partial charge is 0.234 e. The normalized spacial score (nSPS) is 10.6.